The smallest absolute Gasteiger partial charge is 0.471 e. The maximum absolute atomic E-state index is 15.6. The van der Waals surface area contributed by atoms with Crippen LogP contribution >= 0.6 is 23.4 Å². The van der Waals surface area contributed by atoms with E-state index in [1.165, 1.54) is 34.4 Å². The van der Waals surface area contributed by atoms with E-state index in [4.69, 9.17) is 20.5 Å². The van der Waals surface area contributed by atoms with Gasteiger partial charge in [0.05, 0.1) is 43.7 Å². The molecule has 18 heteroatoms. The highest BCUT2D eigenvalue weighted by Crippen LogP contribution is 2.39. The lowest BCUT2D eigenvalue weighted by Gasteiger charge is -2.28. The van der Waals surface area contributed by atoms with E-state index < -0.39 is 43.0 Å². The van der Waals surface area contributed by atoms with Gasteiger partial charge in [0.25, 0.3) is 0 Å². The molecule has 3 aromatic carbocycles. The Bertz CT molecular complexity index is 2290. The number of thioether (sulfide) groups is 1. The first-order valence-electron chi connectivity index (χ1n) is 15.6. The molecule has 0 aliphatic rings. The quantitative estimate of drug-likeness (QED) is 0.0601. The Morgan fingerprint density at radius 1 is 1.02 bits per heavy atom. The maximum Gasteiger partial charge on any atom is 0.471 e. The minimum atomic E-state index is -4.17. The van der Waals surface area contributed by atoms with Gasteiger partial charge in [0, 0.05) is 34.0 Å². The third-order valence-corrected chi connectivity index (χ3v) is 11.4. The fourth-order valence-corrected chi connectivity index (χ4v) is 8.43. The molecule has 278 valence electrons. The lowest BCUT2D eigenvalue weighted by molar-refractivity contribution is -0.699. The van der Waals surface area contributed by atoms with Crippen molar-refractivity contribution in [3.8, 4) is 17.4 Å². The van der Waals surface area contributed by atoms with Gasteiger partial charge in [-0.25, -0.2) is 31.3 Å². The molecule has 5 aromatic rings. The van der Waals surface area contributed by atoms with Crippen LogP contribution in [0, 0.1) is 17.5 Å². The molecule has 2 heterocycles. The van der Waals surface area contributed by atoms with E-state index >= 15 is 4.39 Å². The van der Waals surface area contributed by atoms with E-state index in [-0.39, 0.29) is 52.5 Å². The van der Waals surface area contributed by atoms with E-state index in [9.17, 15) is 25.6 Å². The van der Waals surface area contributed by atoms with Crippen LogP contribution in [0.3, 0.4) is 0 Å². The maximum atomic E-state index is 15.6. The van der Waals surface area contributed by atoms with Gasteiger partial charge in [-0.1, -0.05) is 43.3 Å². The SMILES string of the molecule is COc1cc(C(C)(C)c2cnc(SCc3c(F)cc(S(=O)(=O)NCCC[n+]4ccn(C)c4OS(C)(=O)=O)cc3Cl)n2-c2ccc(F)cc2)ccc1F. The van der Waals surface area contributed by atoms with Gasteiger partial charge in [-0.3, -0.25) is 4.57 Å². The summed E-state index contributed by atoms with van der Waals surface area (Å²) in [4.78, 5) is 4.23. The number of rotatable bonds is 15. The van der Waals surface area contributed by atoms with Crippen LogP contribution in [0.4, 0.5) is 13.2 Å². The predicted octanol–water partition coefficient (Wildman–Crippen LogP) is 5.90. The molecule has 0 radical (unpaired) electrons. The van der Waals surface area contributed by atoms with Gasteiger partial charge in [-0.2, -0.15) is 17.6 Å². The van der Waals surface area contributed by atoms with Crippen molar-refractivity contribution in [3.63, 3.8) is 0 Å². The Hall–Kier alpha value is -4.03. The second-order valence-corrected chi connectivity index (χ2v) is 17.0. The highest BCUT2D eigenvalue weighted by Gasteiger charge is 2.31. The zero-order chi connectivity index (χ0) is 38.0. The molecule has 11 nitrogen and oxygen atoms in total. The Kier molecular flexibility index (Phi) is 11.7. The summed E-state index contributed by atoms with van der Waals surface area (Å²) < 4.78 is 110. The number of benzene rings is 3. The average molecular weight is 799 g/mol. The minimum absolute atomic E-state index is 0.0347. The number of halogens is 4. The molecule has 0 saturated heterocycles. The number of sulfonamides is 1. The molecular formula is C34H36ClF3N5O6S3+. The number of imidazole rings is 2. The van der Waals surface area contributed by atoms with E-state index in [2.05, 4.69) is 9.71 Å². The van der Waals surface area contributed by atoms with Gasteiger partial charge >= 0.3 is 16.1 Å². The number of methoxy groups -OCH3 is 1. The average Bonchev–Trinajstić information content (AvgIpc) is 3.65. The van der Waals surface area contributed by atoms with Crippen molar-refractivity contribution < 1.29 is 43.5 Å². The molecule has 2 aromatic heterocycles. The van der Waals surface area contributed by atoms with Gasteiger partial charge < -0.3 is 8.92 Å². The summed E-state index contributed by atoms with van der Waals surface area (Å²) in [5.41, 5.74) is 1.23. The molecule has 52 heavy (non-hydrogen) atoms. The zero-order valence-corrected chi connectivity index (χ0v) is 31.9. The van der Waals surface area contributed by atoms with Gasteiger partial charge in [0.15, 0.2) is 16.7 Å². The lowest BCUT2D eigenvalue weighted by Crippen LogP contribution is -2.37. The normalized spacial score (nSPS) is 12.3. The number of ether oxygens (including phenoxy) is 1. The van der Waals surface area contributed by atoms with Gasteiger partial charge in [0.2, 0.25) is 10.0 Å². The van der Waals surface area contributed by atoms with Crippen molar-refractivity contribution in [2.45, 2.75) is 48.0 Å². The van der Waals surface area contributed by atoms with Crippen molar-refractivity contribution in [3.05, 3.63) is 112 Å². The summed E-state index contributed by atoms with van der Waals surface area (Å²) in [6.07, 6.45) is 6.00. The first kappa shape index (κ1) is 39.2. The van der Waals surface area contributed by atoms with E-state index in [1.54, 1.807) is 54.5 Å². The summed E-state index contributed by atoms with van der Waals surface area (Å²) >= 11 is 7.60. The molecule has 0 amide bonds. The van der Waals surface area contributed by atoms with E-state index in [0.717, 1.165) is 35.7 Å². The second-order valence-electron chi connectivity index (χ2n) is 12.3. The van der Waals surface area contributed by atoms with Crippen LogP contribution in [0.1, 0.15) is 37.1 Å². The topological polar surface area (TPSA) is 125 Å². The molecule has 0 aliphatic carbocycles. The summed E-state index contributed by atoms with van der Waals surface area (Å²) in [6, 6.07) is 12.4. The number of nitrogens with one attached hydrogen (secondary N) is 1. The molecule has 0 bridgehead atoms. The Balaban J connectivity index is 1.34. The summed E-state index contributed by atoms with van der Waals surface area (Å²) in [5, 5.41) is 0.299. The van der Waals surface area contributed by atoms with Crippen LogP contribution in [0.15, 0.2) is 83.2 Å². The first-order valence-corrected chi connectivity index (χ1v) is 20.3. The highest BCUT2D eigenvalue weighted by atomic mass is 35.5. The van der Waals surface area contributed by atoms with Crippen LogP contribution in [0.25, 0.3) is 5.69 Å². The summed E-state index contributed by atoms with van der Waals surface area (Å²) in [6.45, 7) is 4.01. The van der Waals surface area contributed by atoms with Crippen molar-refractivity contribution in [2.24, 2.45) is 7.05 Å². The predicted molar refractivity (Wildman–Crippen MR) is 190 cm³/mol. The number of aryl methyl sites for hydroxylation is 2. The number of hydrogen-bond donors (Lipinski definition) is 1. The van der Waals surface area contributed by atoms with Crippen LogP contribution in [0.5, 0.6) is 11.8 Å². The second kappa shape index (κ2) is 15.5. The van der Waals surface area contributed by atoms with Gasteiger partial charge in [-0.15, -0.1) is 0 Å². The van der Waals surface area contributed by atoms with Crippen molar-refractivity contribution in [2.75, 3.05) is 19.9 Å². The summed E-state index contributed by atoms with van der Waals surface area (Å²) in [5.74, 6) is -1.77. The first-order chi connectivity index (χ1) is 24.4. The lowest BCUT2D eigenvalue weighted by atomic mass is 9.81. The standard InChI is InChI=1S/C34H36ClF3N5O6S3/c1-34(2,22-7-12-28(37)30(17-22)48-4)31-20-39-32(43(31)24-10-8-23(36)9-11-24)50-21-26-27(35)18-25(19-29(26)38)52(46,47)40-13-6-14-42-16-15-41(3)33(42)49-51(5,44)45/h7-12,15-20,40H,6,13-14,21H2,1-5H3/q+1. The molecule has 0 aliphatic heterocycles. The van der Waals surface area contributed by atoms with E-state index in [0.29, 0.717) is 16.5 Å². The zero-order valence-electron chi connectivity index (χ0n) is 28.7. The van der Waals surface area contributed by atoms with Crippen molar-refractivity contribution in [1.82, 2.24) is 18.8 Å². The number of nitrogens with zero attached hydrogens (tertiary/aromatic N) is 4. The third-order valence-electron chi connectivity index (χ3n) is 8.21. The fraction of sp³-hybridized carbons (Fsp3) is 0.294. The Labute approximate surface area is 309 Å². The molecular weight excluding hydrogens is 763 g/mol. The molecule has 1 N–H and O–H groups in total. The third kappa shape index (κ3) is 8.77. The highest BCUT2D eigenvalue weighted by molar-refractivity contribution is 7.98. The summed E-state index contributed by atoms with van der Waals surface area (Å²) in [7, 11) is -4.98. The van der Waals surface area contributed by atoms with Crippen LogP contribution < -0.4 is 18.2 Å². The molecule has 0 atom stereocenters. The molecule has 5 rings (SSSR count). The van der Waals surface area contributed by atoms with Gasteiger partial charge in [-0.05, 0) is 60.5 Å². The van der Waals surface area contributed by atoms with Crippen LogP contribution in [-0.4, -0.2) is 50.9 Å². The largest absolute Gasteiger partial charge is 0.494 e. The molecule has 0 saturated carbocycles. The monoisotopic (exact) mass is 798 g/mol. The number of aromatic nitrogens is 4. The Morgan fingerprint density at radius 3 is 2.38 bits per heavy atom. The minimum Gasteiger partial charge on any atom is -0.494 e. The van der Waals surface area contributed by atoms with Crippen LogP contribution in [-0.2, 0) is 44.9 Å². The van der Waals surface area contributed by atoms with Crippen molar-refractivity contribution in [1.29, 1.82) is 0 Å². The molecule has 0 fully saturated rings. The van der Waals surface area contributed by atoms with Gasteiger partial charge in [0.1, 0.15) is 24.0 Å². The van der Waals surface area contributed by atoms with Crippen molar-refractivity contribution >= 4 is 43.5 Å². The molecule has 0 spiro atoms. The van der Waals surface area contributed by atoms with Crippen LogP contribution in [0.2, 0.25) is 5.02 Å². The fourth-order valence-electron chi connectivity index (χ4n) is 5.39. The number of hydrogen-bond acceptors (Lipinski definition) is 8. The molecule has 0 unspecified atom stereocenters. The van der Waals surface area contributed by atoms with E-state index in [1.807, 2.05) is 13.8 Å². The Morgan fingerprint density at radius 2 is 1.73 bits per heavy atom.